The van der Waals surface area contributed by atoms with E-state index < -0.39 is 18.1 Å². The Hall–Kier alpha value is -3.84. The molecule has 0 bridgehead atoms. The van der Waals surface area contributed by atoms with Gasteiger partial charge in [-0.15, -0.1) is 12.4 Å². The van der Waals surface area contributed by atoms with Crippen LogP contribution in [0.2, 0.25) is 0 Å². The average Bonchev–Trinajstić information content (AvgIpc) is 3.35. The van der Waals surface area contributed by atoms with Crippen LogP contribution in [-0.4, -0.2) is 39.8 Å². The number of hydrogen-bond acceptors (Lipinski definition) is 4. The zero-order valence-electron chi connectivity index (χ0n) is 18.4. The Morgan fingerprint density at radius 2 is 1.71 bits per heavy atom. The van der Waals surface area contributed by atoms with E-state index in [0.717, 1.165) is 38.9 Å². The lowest BCUT2D eigenvalue weighted by atomic mass is 9.98. The maximum atomic E-state index is 12.5. The number of ether oxygens (including phenoxy) is 1. The summed E-state index contributed by atoms with van der Waals surface area (Å²) >= 11 is 0. The monoisotopic (exact) mass is 477 g/mol. The van der Waals surface area contributed by atoms with Gasteiger partial charge in [-0.1, -0.05) is 54.6 Å². The molecular formula is C26H24ClN3O4. The molecule has 0 saturated carbocycles. The molecule has 174 valence electrons. The number of nitrogens with one attached hydrogen (secondary N) is 2. The third-order valence-corrected chi connectivity index (χ3v) is 6.02. The Bertz CT molecular complexity index is 1320. The molecule has 0 spiro atoms. The number of fused-ring (bicyclic) bond motifs is 4. The standard InChI is InChI=1S/C26H23N3O4.ClH/c1-15-10-11-21-22(12-15)28-24(27-21)13-23(25(30)31)29-26(32)33-14-20-18-8-4-2-6-16(18)17-7-3-5-9-19(17)20;/h2-12,20,23H,13-14H2,1H3,(H,27,28)(H,29,32)(H,30,31);1H. The molecule has 1 aliphatic carbocycles. The summed E-state index contributed by atoms with van der Waals surface area (Å²) in [5, 5.41) is 12.1. The summed E-state index contributed by atoms with van der Waals surface area (Å²) in [5.41, 5.74) is 7.11. The van der Waals surface area contributed by atoms with Crippen LogP contribution in [0.3, 0.4) is 0 Å². The van der Waals surface area contributed by atoms with Gasteiger partial charge in [-0.25, -0.2) is 14.6 Å². The highest BCUT2D eigenvalue weighted by Gasteiger charge is 2.30. The number of carbonyl (C=O) groups excluding carboxylic acids is 1. The molecule has 3 N–H and O–H groups in total. The summed E-state index contributed by atoms with van der Waals surface area (Å²) in [6.45, 7) is 2.09. The number of amides is 1. The van der Waals surface area contributed by atoms with Gasteiger partial charge in [0, 0.05) is 12.3 Å². The van der Waals surface area contributed by atoms with Gasteiger partial charge in [-0.3, -0.25) is 0 Å². The first-order valence-corrected chi connectivity index (χ1v) is 10.8. The zero-order valence-corrected chi connectivity index (χ0v) is 19.3. The van der Waals surface area contributed by atoms with Crippen LogP contribution in [-0.2, 0) is 16.0 Å². The van der Waals surface area contributed by atoms with Gasteiger partial charge in [0.25, 0.3) is 0 Å². The molecule has 0 aliphatic heterocycles. The number of alkyl carbamates (subject to hydrolysis) is 1. The molecule has 1 amide bonds. The van der Waals surface area contributed by atoms with Crippen LogP contribution >= 0.6 is 12.4 Å². The summed E-state index contributed by atoms with van der Waals surface area (Å²) in [7, 11) is 0. The fraction of sp³-hybridized carbons (Fsp3) is 0.192. The van der Waals surface area contributed by atoms with Crippen molar-refractivity contribution in [3.8, 4) is 11.1 Å². The molecule has 0 radical (unpaired) electrons. The van der Waals surface area contributed by atoms with Crippen LogP contribution in [0, 0.1) is 6.92 Å². The molecule has 4 aromatic rings. The molecule has 5 rings (SSSR count). The van der Waals surface area contributed by atoms with Crippen LogP contribution < -0.4 is 5.32 Å². The first-order chi connectivity index (χ1) is 16.0. The first kappa shape index (κ1) is 23.3. The smallest absolute Gasteiger partial charge is 0.407 e. The normalized spacial score (nSPS) is 13.0. The van der Waals surface area contributed by atoms with E-state index >= 15 is 0 Å². The lowest BCUT2D eigenvalue weighted by Gasteiger charge is -2.17. The van der Waals surface area contributed by atoms with E-state index in [9.17, 15) is 14.7 Å². The predicted octanol–water partition coefficient (Wildman–Crippen LogP) is 4.83. The van der Waals surface area contributed by atoms with Gasteiger partial charge in [-0.2, -0.15) is 0 Å². The van der Waals surface area contributed by atoms with Gasteiger partial charge < -0.3 is 20.1 Å². The number of imidazole rings is 1. The molecule has 1 aromatic heterocycles. The number of aryl methyl sites for hydroxylation is 1. The number of rotatable bonds is 6. The number of aliphatic carboxylic acids is 1. The molecule has 7 nitrogen and oxygen atoms in total. The van der Waals surface area contributed by atoms with Crippen LogP contribution in [0.4, 0.5) is 4.79 Å². The third kappa shape index (κ3) is 4.47. The van der Waals surface area contributed by atoms with Crippen molar-refractivity contribution in [3.63, 3.8) is 0 Å². The van der Waals surface area contributed by atoms with Crippen molar-refractivity contribution in [3.05, 3.63) is 89.2 Å². The Balaban J connectivity index is 0.00000274. The SMILES string of the molecule is Cc1ccc2nc(CC(NC(=O)OCC3c4ccccc4-c4ccccc43)C(=O)O)[nH]c2c1.Cl. The van der Waals surface area contributed by atoms with Crippen molar-refractivity contribution >= 4 is 35.5 Å². The molecule has 0 fully saturated rings. The second kappa shape index (κ2) is 9.57. The van der Waals surface area contributed by atoms with Crippen LogP contribution in [0.15, 0.2) is 66.7 Å². The van der Waals surface area contributed by atoms with Gasteiger partial charge in [0.2, 0.25) is 0 Å². The van der Waals surface area contributed by atoms with Gasteiger partial charge in [0.05, 0.1) is 11.0 Å². The summed E-state index contributed by atoms with van der Waals surface area (Å²) in [6.07, 6.45) is -0.746. The Kier molecular flexibility index (Phi) is 6.56. The molecule has 8 heteroatoms. The van der Waals surface area contributed by atoms with E-state index in [4.69, 9.17) is 4.74 Å². The highest BCUT2D eigenvalue weighted by molar-refractivity contribution is 5.85. The van der Waals surface area contributed by atoms with Crippen LogP contribution in [0.25, 0.3) is 22.2 Å². The Labute approximate surface area is 202 Å². The number of aromatic amines is 1. The molecular weight excluding hydrogens is 454 g/mol. The van der Waals surface area contributed by atoms with Crippen molar-refractivity contribution in [2.45, 2.75) is 25.3 Å². The van der Waals surface area contributed by atoms with Crippen molar-refractivity contribution in [2.75, 3.05) is 6.61 Å². The second-order valence-electron chi connectivity index (χ2n) is 8.27. The quantitative estimate of drug-likeness (QED) is 0.369. The maximum Gasteiger partial charge on any atom is 0.407 e. The van der Waals surface area contributed by atoms with Gasteiger partial charge >= 0.3 is 12.1 Å². The number of nitrogens with zero attached hydrogens (tertiary/aromatic N) is 1. The second-order valence-corrected chi connectivity index (χ2v) is 8.27. The largest absolute Gasteiger partial charge is 0.480 e. The van der Waals surface area contributed by atoms with E-state index in [1.165, 1.54) is 0 Å². The number of carbonyl (C=O) groups is 2. The summed E-state index contributed by atoms with van der Waals surface area (Å²) in [4.78, 5) is 31.9. The zero-order chi connectivity index (χ0) is 22.9. The van der Waals surface area contributed by atoms with Gasteiger partial charge in [0.15, 0.2) is 0 Å². The highest BCUT2D eigenvalue weighted by Crippen LogP contribution is 2.44. The molecule has 1 atom stereocenters. The molecule has 1 unspecified atom stereocenters. The fourth-order valence-electron chi connectivity index (χ4n) is 4.45. The maximum absolute atomic E-state index is 12.5. The number of benzene rings is 3. The summed E-state index contributed by atoms with van der Waals surface area (Å²) in [5.74, 6) is -0.757. The van der Waals surface area contributed by atoms with Gasteiger partial charge in [-0.05, 0) is 46.9 Å². The minimum Gasteiger partial charge on any atom is -0.480 e. The Morgan fingerprint density at radius 3 is 2.35 bits per heavy atom. The van der Waals surface area contributed by atoms with Crippen molar-refractivity contribution in [2.24, 2.45) is 0 Å². The molecule has 34 heavy (non-hydrogen) atoms. The Morgan fingerprint density at radius 1 is 1.06 bits per heavy atom. The third-order valence-electron chi connectivity index (χ3n) is 6.02. The highest BCUT2D eigenvalue weighted by atomic mass is 35.5. The number of hydrogen-bond donors (Lipinski definition) is 3. The molecule has 3 aromatic carbocycles. The number of carboxylic acids is 1. The van der Waals surface area contributed by atoms with E-state index in [1.54, 1.807) is 0 Å². The number of carboxylic acid groups (broad SMARTS) is 1. The number of aromatic nitrogens is 2. The fourth-order valence-corrected chi connectivity index (χ4v) is 4.45. The van der Waals surface area contributed by atoms with E-state index in [2.05, 4.69) is 27.4 Å². The summed E-state index contributed by atoms with van der Waals surface area (Å²) < 4.78 is 5.49. The van der Waals surface area contributed by atoms with Crippen molar-refractivity contribution < 1.29 is 19.4 Å². The molecule has 1 aliphatic rings. The van der Waals surface area contributed by atoms with E-state index in [0.29, 0.717) is 5.82 Å². The van der Waals surface area contributed by atoms with E-state index in [-0.39, 0.29) is 31.4 Å². The minimum atomic E-state index is -1.16. The lowest BCUT2D eigenvalue weighted by molar-refractivity contribution is -0.139. The van der Waals surface area contributed by atoms with Crippen molar-refractivity contribution in [1.82, 2.24) is 15.3 Å². The predicted molar refractivity (Wildman–Crippen MR) is 131 cm³/mol. The first-order valence-electron chi connectivity index (χ1n) is 10.8. The van der Waals surface area contributed by atoms with Crippen LogP contribution in [0.5, 0.6) is 0 Å². The average molecular weight is 478 g/mol. The van der Waals surface area contributed by atoms with Gasteiger partial charge in [0.1, 0.15) is 18.5 Å². The topological polar surface area (TPSA) is 104 Å². The van der Waals surface area contributed by atoms with Crippen LogP contribution in [0.1, 0.15) is 28.4 Å². The molecule has 1 heterocycles. The molecule has 0 saturated heterocycles. The number of halogens is 1. The number of H-pyrrole nitrogens is 1. The lowest BCUT2D eigenvalue weighted by Crippen LogP contribution is -2.43. The van der Waals surface area contributed by atoms with Crippen molar-refractivity contribution in [1.29, 1.82) is 0 Å². The minimum absolute atomic E-state index is 0. The van der Waals surface area contributed by atoms with E-state index in [1.807, 2.05) is 61.5 Å². The summed E-state index contributed by atoms with van der Waals surface area (Å²) in [6, 6.07) is 20.7.